The highest BCUT2D eigenvalue weighted by Gasteiger charge is 2.23. The Morgan fingerprint density at radius 2 is 2.00 bits per heavy atom. The highest BCUT2D eigenvalue weighted by molar-refractivity contribution is 7.98. The maximum absolute atomic E-state index is 12.3. The highest BCUT2D eigenvalue weighted by atomic mass is 32.2. The third kappa shape index (κ3) is 6.44. The van der Waals surface area contributed by atoms with E-state index < -0.39 is 11.9 Å². The summed E-state index contributed by atoms with van der Waals surface area (Å²) >= 11 is 5.87. The molecule has 2 amide bonds. The van der Waals surface area contributed by atoms with Gasteiger partial charge in [-0.2, -0.15) is 24.4 Å². The van der Waals surface area contributed by atoms with Gasteiger partial charge in [-0.15, -0.1) is 0 Å². The SMILES string of the molecule is CSCC[C@H](NC(=O)C(CS)Cc1ccccc1)C(N)=O. The number of thioether (sulfide) groups is 1. The molecule has 0 radical (unpaired) electrons. The Morgan fingerprint density at radius 3 is 2.52 bits per heavy atom. The molecule has 0 bridgehead atoms. The van der Waals surface area contributed by atoms with Gasteiger partial charge in [0.2, 0.25) is 11.8 Å². The Kier molecular flexibility index (Phi) is 8.30. The van der Waals surface area contributed by atoms with E-state index in [0.717, 1.165) is 11.3 Å². The zero-order chi connectivity index (χ0) is 15.7. The number of hydrogen-bond donors (Lipinski definition) is 3. The summed E-state index contributed by atoms with van der Waals surface area (Å²) in [7, 11) is 0. The molecule has 1 aromatic rings. The van der Waals surface area contributed by atoms with Crippen LogP contribution in [0.25, 0.3) is 0 Å². The smallest absolute Gasteiger partial charge is 0.240 e. The molecule has 0 aromatic heterocycles. The van der Waals surface area contributed by atoms with Gasteiger partial charge in [0.05, 0.1) is 5.92 Å². The van der Waals surface area contributed by atoms with Crippen molar-refractivity contribution in [2.75, 3.05) is 17.8 Å². The van der Waals surface area contributed by atoms with Crippen LogP contribution in [0, 0.1) is 5.92 Å². The minimum Gasteiger partial charge on any atom is -0.368 e. The second-order valence-electron chi connectivity index (χ2n) is 4.81. The predicted molar refractivity (Wildman–Crippen MR) is 91.6 cm³/mol. The molecule has 4 nitrogen and oxygen atoms in total. The number of benzene rings is 1. The Bertz CT molecular complexity index is 454. The molecule has 0 aliphatic carbocycles. The monoisotopic (exact) mass is 326 g/mol. The summed E-state index contributed by atoms with van der Waals surface area (Å²) in [5.74, 6) is 0.271. The highest BCUT2D eigenvalue weighted by Crippen LogP contribution is 2.11. The fraction of sp³-hybridized carbons (Fsp3) is 0.467. The van der Waals surface area contributed by atoms with Gasteiger partial charge in [-0.1, -0.05) is 30.3 Å². The van der Waals surface area contributed by atoms with E-state index in [2.05, 4.69) is 17.9 Å². The van der Waals surface area contributed by atoms with Gasteiger partial charge in [-0.05, 0) is 30.4 Å². The molecule has 1 rings (SSSR count). The summed E-state index contributed by atoms with van der Waals surface area (Å²) in [6.07, 6.45) is 3.10. The summed E-state index contributed by atoms with van der Waals surface area (Å²) in [6.45, 7) is 0. The predicted octanol–water partition coefficient (Wildman–Crippen LogP) is 1.50. The van der Waals surface area contributed by atoms with Crippen LogP contribution in [0.4, 0.5) is 0 Å². The van der Waals surface area contributed by atoms with Crippen molar-refractivity contribution in [3.63, 3.8) is 0 Å². The maximum atomic E-state index is 12.3. The van der Waals surface area contributed by atoms with E-state index in [0.29, 0.717) is 18.6 Å². The first-order chi connectivity index (χ1) is 10.1. The summed E-state index contributed by atoms with van der Waals surface area (Å²) in [6, 6.07) is 9.15. The average Bonchev–Trinajstić information content (AvgIpc) is 2.49. The average molecular weight is 326 g/mol. The minimum absolute atomic E-state index is 0.168. The number of carbonyl (C=O) groups is 2. The molecule has 21 heavy (non-hydrogen) atoms. The first-order valence-corrected chi connectivity index (χ1v) is 8.84. The Balaban J connectivity index is 2.62. The van der Waals surface area contributed by atoms with Crippen molar-refractivity contribution >= 4 is 36.2 Å². The van der Waals surface area contributed by atoms with Crippen molar-refractivity contribution in [2.24, 2.45) is 11.7 Å². The van der Waals surface area contributed by atoms with E-state index >= 15 is 0 Å². The van der Waals surface area contributed by atoms with E-state index in [4.69, 9.17) is 5.73 Å². The van der Waals surface area contributed by atoms with Crippen molar-refractivity contribution < 1.29 is 9.59 Å². The molecule has 1 unspecified atom stereocenters. The van der Waals surface area contributed by atoms with E-state index in [1.165, 1.54) is 0 Å². The number of nitrogens with two attached hydrogens (primary N) is 1. The van der Waals surface area contributed by atoms with Crippen LogP contribution < -0.4 is 11.1 Å². The van der Waals surface area contributed by atoms with Crippen molar-refractivity contribution in [1.29, 1.82) is 0 Å². The summed E-state index contributed by atoms with van der Waals surface area (Å²) in [5, 5.41) is 2.75. The normalized spacial score (nSPS) is 13.4. The van der Waals surface area contributed by atoms with Crippen LogP contribution in [0.5, 0.6) is 0 Å². The Labute approximate surface area is 135 Å². The van der Waals surface area contributed by atoms with Crippen LogP contribution in [0.1, 0.15) is 12.0 Å². The van der Waals surface area contributed by atoms with E-state index in [-0.39, 0.29) is 11.8 Å². The third-order valence-corrected chi connectivity index (χ3v) is 4.27. The van der Waals surface area contributed by atoms with Crippen LogP contribution >= 0.6 is 24.4 Å². The largest absolute Gasteiger partial charge is 0.368 e. The number of amides is 2. The topological polar surface area (TPSA) is 72.2 Å². The van der Waals surface area contributed by atoms with Gasteiger partial charge in [0, 0.05) is 5.75 Å². The van der Waals surface area contributed by atoms with E-state index in [9.17, 15) is 9.59 Å². The van der Waals surface area contributed by atoms with Crippen molar-refractivity contribution in [2.45, 2.75) is 18.9 Å². The van der Waals surface area contributed by atoms with Crippen LogP contribution in [0.2, 0.25) is 0 Å². The van der Waals surface area contributed by atoms with E-state index in [1.54, 1.807) is 11.8 Å². The molecule has 3 N–H and O–H groups in total. The second kappa shape index (κ2) is 9.73. The lowest BCUT2D eigenvalue weighted by molar-refractivity contribution is -0.129. The quantitative estimate of drug-likeness (QED) is 0.602. The van der Waals surface area contributed by atoms with Crippen molar-refractivity contribution in [3.05, 3.63) is 35.9 Å². The maximum Gasteiger partial charge on any atom is 0.240 e. The van der Waals surface area contributed by atoms with Crippen LogP contribution in [0.3, 0.4) is 0 Å². The third-order valence-electron chi connectivity index (χ3n) is 3.19. The fourth-order valence-corrected chi connectivity index (χ4v) is 2.72. The molecule has 0 saturated heterocycles. The Hall–Kier alpha value is -1.14. The van der Waals surface area contributed by atoms with Gasteiger partial charge in [0.25, 0.3) is 0 Å². The lowest BCUT2D eigenvalue weighted by atomic mass is 9.99. The number of nitrogens with one attached hydrogen (secondary N) is 1. The first kappa shape index (κ1) is 17.9. The number of hydrogen-bond acceptors (Lipinski definition) is 4. The molecule has 6 heteroatoms. The van der Waals surface area contributed by atoms with Crippen molar-refractivity contribution in [3.8, 4) is 0 Å². The van der Waals surface area contributed by atoms with Crippen molar-refractivity contribution in [1.82, 2.24) is 5.32 Å². The second-order valence-corrected chi connectivity index (χ2v) is 6.16. The van der Waals surface area contributed by atoms with Crippen LogP contribution in [0.15, 0.2) is 30.3 Å². The molecule has 0 aliphatic rings. The van der Waals surface area contributed by atoms with Gasteiger partial charge in [0.1, 0.15) is 6.04 Å². The molecule has 0 heterocycles. The standard InChI is InChI=1S/C15H22N2O2S2/c1-21-8-7-13(14(16)18)17-15(19)12(10-20)9-11-5-3-2-4-6-11/h2-6,12-13,20H,7-10H2,1H3,(H2,16,18)(H,17,19)/t12?,13-/m0/s1. The number of carbonyl (C=O) groups excluding carboxylic acids is 2. The van der Waals surface area contributed by atoms with Crippen LogP contribution in [-0.2, 0) is 16.0 Å². The Morgan fingerprint density at radius 1 is 1.33 bits per heavy atom. The molecule has 0 fully saturated rings. The number of rotatable bonds is 9. The lowest BCUT2D eigenvalue weighted by Gasteiger charge is -2.19. The molecular weight excluding hydrogens is 304 g/mol. The summed E-state index contributed by atoms with van der Waals surface area (Å²) in [5.41, 5.74) is 6.41. The van der Waals surface area contributed by atoms with E-state index in [1.807, 2.05) is 36.6 Å². The number of primary amides is 1. The van der Waals surface area contributed by atoms with Gasteiger partial charge < -0.3 is 11.1 Å². The molecular formula is C15H22N2O2S2. The van der Waals surface area contributed by atoms with Gasteiger partial charge in [-0.3, -0.25) is 9.59 Å². The molecule has 0 aliphatic heterocycles. The van der Waals surface area contributed by atoms with Gasteiger partial charge >= 0.3 is 0 Å². The van der Waals surface area contributed by atoms with Gasteiger partial charge in [0.15, 0.2) is 0 Å². The number of thiol groups is 1. The minimum atomic E-state index is -0.608. The van der Waals surface area contributed by atoms with Crippen LogP contribution in [-0.4, -0.2) is 35.6 Å². The zero-order valence-electron chi connectivity index (χ0n) is 12.1. The molecule has 1 aromatic carbocycles. The summed E-state index contributed by atoms with van der Waals surface area (Å²) < 4.78 is 0. The first-order valence-electron chi connectivity index (χ1n) is 6.82. The fourth-order valence-electron chi connectivity index (χ4n) is 1.95. The molecule has 0 spiro atoms. The summed E-state index contributed by atoms with van der Waals surface area (Å²) in [4.78, 5) is 23.7. The molecule has 2 atom stereocenters. The molecule has 0 saturated carbocycles. The zero-order valence-corrected chi connectivity index (χ0v) is 13.8. The molecule has 116 valence electrons. The van der Waals surface area contributed by atoms with Gasteiger partial charge in [-0.25, -0.2) is 0 Å². The lowest BCUT2D eigenvalue weighted by Crippen LogP contribution is -2.47.